The van der Waals surface area contributed by atoms with Crippen LogP contribution in [0.5, 0.6) is 0 Å². The molecule has 1 unspecified atom stereocenters. The third kappa shape index (κ3) is 2.39. The number of terminal acetylenes is 1. The van der Waals surface area contributed by atoms with Crippen molar-refractivity contribution < 1.29 is 0 Å². The molecule has 16 heavy (non-hydrogen) atoms. The van der Waals surface area contributed by atoms with Gasteiger partial charge in [0.15, 0.2) is 0 Å². The summed E-state index contributed by atoms with van der Waals surface area (Å²) in [5, 5.41) is 4.42. The van der Waals surface area contributed by atoms with Gasteiger partial charge in [0.2, 0.25) is 0 Å². The molecule has 0 radical (unpaired) electrons. The maximum atomic E-state index is 5.30. The zero-order chi connectivity index (χ0) is 11.4. The van der Waals surface area contributed by atoms with Gasteiger partial charge in [0.05, 0.1) is 11.6 Å². The van der Waals surface area contributed by atoms with Crippen molar-refractivity contribution in [3.8, 4) is 12.3 Å². The fourth-order valence-electron chi connectivity index (χ4n) is 1.56. The molecule has 0 spiro atoms. The number of hydrogen-bond acceptors (Lipinski definition) is 2. The van der Waals surface area contributed by atoms with Gasteiger partial charge in [0.25, 0.3) is 0 Å². The molecule has 2 rings (SSSR count). The van der Waals surface area contributed by atoms with Crippen molar-refractivity contribution in [2.24, 2.45) is 0 Å². The summed E-state index contributed by atoms with van der Waals surface area (Å²) in [6.45, 7) is 2.76. The van der Waals surface area contributed by atoms with Crippen molar-refractivity contribution in [3.63, 3.8) is 0 Å². The van der Waals surface area contributed by atoms with Crippen molar-refractivity contribution in [2.45, 2.75) is 19.5 Å². The summed E-state index contributed by atoms with van der Waals surface area (Å²) < 4.78 is 0. The lowest BCUT2D eigenvalue weighted by molar-refractivity contribution is 0.648. The van der Waals surface area contributed by atoms with E-state index in [4.69, 9.17) is 6.42 Å². The summed E-state index contributed by atoms with van der Waals surface area (Å²) in [4.78, 5) is 4.28. The fourth-order valence-corrected chi connectivity index (χ4v) is 1.56. The summed E-state index contributed by atoms with van der Waals surface area (Å²) in [7, 11) is 0. The van der Waals surface area contributed by atoms with Gasteiger partial charge >= 0.3 is 0 Å². The highest BCUT2D eigenvalue weighted by Gasteiger charge is 1.99. The van der Waals surface area contributed by atoms with Gasteiger partial charge in [-0.1, -0.05) is 18.1 Å². The zero-order valence-corrected chi connectivity index (χ0v) is 9.27. The summed E-state index contributed by atoms with van der Waals surface area (Å²) >= 11 is 0. The lowest BCUT2D eigenvalue weighted by Gasteiger charge is -2.08. The van der Waals surface area contributed by atoms with E-state index >= 15 is 0 Å². The Hall–Kier alpha value is -1.85. The van der Waals surface area contributed by atoms with Crippen LogP contribution < -0.4 is 5.32 Å². The van der Waals surface area contributed by atoms with Crippen LogP contribution in [0.3, 0.4) is 0 Å². The van der Waals surface area contributed by atoms with Crippen LogP contribution in [0.15, 0.2) is 36.5 Å². The molecule has 0 bridgehead atoms. The smallest absolute Gasteiger partial charge is 0.0702 e. The minimum atomic E-state index is 0.101. The summed E-state index contributed by atoms with van der Waals surface area (Å²) in [6.07, 6.45) is 7.11. The zero-order valence-electron chi connectivity index (χ0n) is 9.27. The number of fused-ring (bicyclic) bond motifs is 1. The highest BCUT2D eigenvalue weighted by Crippen LogP contribution is 2.13. The van der Waals surface area contributed by atoms with Gasteiger partial charge in [-0.15, -0.1) is 6.42 Å². The fraction of sp³-hybridized carbons (Fsp3) is 0.214. The number of aromatic nitrogens is 1. The summed E-state index contributed by atoms with van der Waals surface area (Å²) in [5.74, 6) is 2.65. The van der Waals surface area contributed by atoms with Crippen LogP contribution in [0.1, 0.15) is 12.5 Å². The monoisotopic (exact) mass is 210 g/mol. The Bertz CT molecular complexity index is 525. The molecule has 1 aromatic carbocycles. The number of nitrogens with zero attached hydrogens (tertiary/aromatic N) is 1. The molecule has 0 aliphatic heterocycles. The molecule has 0 fully saturated rings. The highest BCUT2D eigenvalue weighted by molar-refractivity contribution is 5.78. The van der Waals surface area contributed by atoms with E-state index in [9.17, 15) is 0 Å². The first-order chi connectivity index (χ1) is 7.79. The lowest BCUT2D eigenvalue weighted by Crippen LogP contribution is -2.23. The molecular weight excluding hydrogens is 196 g/mol. The van der Waals surface area contributed by atoms with Gasteiger partial charge in [-0.25, -0.2) is 0 Å². The molecule has 0 saturated heterocycles. The van der Waals surface area contributed by atoms with E-state index in [1.807, 2.05) is 19.1 Å². The largest absolute Gasteiger partial charge is 0.300 e. The summed E-state index contributed by atoms with van der Waals surface area (Å²) in [6, 6.07) is 10.4. The first kappa shape index (κ1) is 10.7. The molecule has 0 aliphatic rings. The van der Waals surface area contributed by atoms with E-state index in [2.05, 4.69) is 34.4 Å². The average Bonchev–Trinajstić information content (AvgIpc) is 2.35. The molecule has 2 nitrogen and oxygen atoms in total. The topological polar surface area (TPSA) is 24.9 Å². The van der Waals surface area contributed by atoms with E-state index in [1.54, 1.807) is 6.20 Å². The van der Waals surface area contributed by atoms with E-state index < -0.39 is 0 Å². The molecule has 0 amide bonds. The highest BCUT2D eigenvalue weighted by atomic mass is 14.9. The Kier molecular flexibility index (Phi) is 3.19. The summed E-state index contributed by atoms with van der Waals surface area (Å²) in [5.41, 5.74) is 2.25. The van der Waals surface area contributed by atoms with Gasteiger partial charge < -0.3 is 0 Å². The second-order valence-electron chi connectivity index (χ2n) is 3.80. The number of benzene rings is 1. The van der Waals surface area contributed by atoms with Gasteiger partial charge in [0.1, 0.15) is 0 Å². The Morgan fingerprint density at radius 2 is 2.31 bits per heavy atom. The average molecular weight is 210 g/mol. The molecule has 1 atom stereocenters. The van der Waals surface area contributed by atoms with Gasteiger partial charge in [-0.05, 0) is 30.7 Å². The molecule has 0 aliphatic carbocycles. The molecule has 1 N–H and O–H groups in total. The molecule has 2 aromatic rings. The van der Waals surface area contributed by atoms with Crippen LogP contribution in [0.2, 0.25) is 0 Å². The van der Waals surface area contributed by atoms with Crippen molar-refractivity contribution in [1.82, 2.24) is 10.3 Å². The minimum absolute atomic E-state index is 0.101. The van der Waals surface area contributed by atoms with Crippen LogP contribution in [0.4, 0.5) is 0 Å². The van der Waals surface area contributed by atoms with Gasteiger partial charge in [-0.3, -0.25) is 10.3 Å². The first-order valence-corrected chi connectivity index (χ1v) is 5.33. The van der Waals surface area contributed by atoms with Crippen LogP contribution in [0.25, 0.3) is 10.9 Å². The number of pyridine rings is 1. The Labute approximate surface area is 95.7 Å². The molecule has 1 heterocycles. The van der Waals surface area contributed by atoms with Gasteiger partial charge in [0, 0.05) is 18.1 Å². The maximum Gasteiger partial charge on any atom is 0.0702 e. The second kappa shape index (κ2) is 4.78. The first-order valence-electron chi connectivity index (χ1n) is 5.33. The van der Waals surface area contributed by atoms with Crippen molar-refractivity contribution in [3.05, 3.63) is 42.1 Å². The van der Waals surface area contributed by atoms with Crippen molar-refractivity contribution in [1.29, 1.82) is 0 Å². The van der Waals surface area contributed by atoms with Crippen LogP contribution >= 0.6 is 0 Å². The molecule has 1 aromatic heterocycles. The SMILES string of the molecule is C#CC(C)NCc1ccc2ncccc2c1. The number of hydrogen-bond donors (Lipinski definition) is 1. The van der Waals surface area contributed by atoms with Gasteiger partial charge in [-0.2, -0.15) is 0 Å². The van der Waals surface area contributed by atoms with Crippen LogP contribution in [-0.2, 0) is 6.54 Å². The minimum Gasteiger partial charge on any atom is -0.300 e. The quantitative estimate of drug-likeness (QED) is 0.786. The third-order valence-corrected chi connectivity index (χ3v) is 2.53. The van der Waals surface area contributed by atoms with E-state index in [-0.39, 0.29) is 6.04 Å². The predicted octanol–water partition coefficient (Wildman–Crippen LogP) is 2.35. The van der Waals surface area contributed by atoms with Crippen LogP contribution in [-0.4, -0.2) is 11.0 Å². The van der Waals surface area contributed by atoms with Crippen LogP contribution in [0, 0.1) is 12.3 Å². The van der Waals surface area contributed by atoms with E-state index in [0.717, 1.165) is 17.4 Å². The standard InChI is InChI=1S/C14H14N2/c1-3-11(2)16-10-12-6-7-14-13(9-12)5-4-8-15-14/h1,4-9,11,16H,10H2,2H3. The predicted molar refractivity (Wildman–Crippen MR) is 66.9 cm³/mol. The molecule has 80 valence electrons. The number of nitrogens with one attached hydrogen (secondary N) is 1. The second-order valence-corrected chi connectivity index (χ2v) is 3.80. The molecule has 2 heteroatoms. The normalized spacial score (nSPS) is 12.2. The van der Waals surface area contributed by atoms with E-state index in [1.165, 1.54) is 5.56 Å². The van der Waals surface area contributed by atoms with Crippen molar-refractivity contribution >= 4 is 10.9 Å². The maximum absolute atomic E-state index is 5.30. The number of rotatable bonds is 3. The van der Waals surface area contributed by atoms with Crippen molar-refractivity contribution in [2.75, 3.05) is 0 Å². The van der Waals surface area contributed by atoms with E-state index in [0.29, 0.717) is 0 Å². The Morgan fingerprint density at radius 1 is 1.44 bits per heavy atom. The third-order valence-electron chi connectivity index (χ3n) is 2.53. The Morgan fingerprint density at radius 3 is 3.12 bits per heavy atom. The lowest BCUT2D eigenvalue weighted by atomic mass is 10.1. The molecule has 0 saturated carbocycles. The Balaban J connectivity index is 2.17. The molecular formula is C14H14N2.